The predicted octanol–water partition coefficient (Wildman–Crippen LogP) is 3.04. The molecule has 0 saturated carbocycles. The van der Waals surface area contributed by atoms with Gasteiger partial charge in [-0.2, -0.15) is 0 Å². The maximum absolute atomic E-state index is 12.3. The van der Waals surface area contributed by atoms with E-state index in [1.165, 1.54) is 6.07 Å². The van der Waals surface area contributed by atoms with E-state index >= 15 is 0 Å². The number of amides is 1. The lowest BCUT2D eigenvalue weighted by Gasteiger charge is -2.16. The molecule has 1 heterocycles. The number of hydrogen-bond acceptors (Lipinski definition) is 4. The van der Waals surface area contributed by atoms with Crippen molar-refractivity contribution in [1.29, 1.82) is 0 Å². The number of aromatic carboxylic acids is 1. The van der Waals surface area contributed by atoms with Crippen molar-refractivity contribution >= 4 is 11.9 Å². The molecular formula is C17H19NO5. The van der Waals surface area contributed by atoms with Gasteiger partial charge in [-0.3, -0.25) is 4.79 Å². The lowest BCUT2D eigenvalue weighted by Crippen LogP contribution is -2.26. The molecule has 0 saturated heterocycles. The van der Waals surface area contributed by atoms with Crippen LogP contribution in [0.2, 0.25) is 0 Å². The van der Waals surface area contributed by atoms with E-state index in [1.54, 1.807) is 14.0 Å². The second-order valence-corrected chi connectivity index (χ2v) is 5.04. The molecule has 0 bridgehead atoms. The molecule has 2 aromatic rings. The third kappa shape index (κ3) is 3.53. The average molecular weight is 317 g/mol. The highest BCUT2D eigenvalue weighted by Gasteiger charge is 2.22. The predicted molar refractivity (Wildman–Crippen MR) is 83.9 cm³/mol. The Labute approximate surface area is 134 Å². The first-order valence-electron chi connectivity index (χ1n) is 7.27. The monoisotopic (exact) mass is 317 g/mol. The Morgan fingerprint density at radius 2 is 2.04 bits per heavy atom. The van der Waals surface area contributed by atoms with Gasteiger partial charge in [-0.25, -0.2) is 4.79 Å². The summed E-state index contributed by atoms with van der Waals surface area (Å²) in [6.07, 6.45) is 0.400. The molecule has 0 aliphatic rings. The number of methoxy groups -OCH3 is 1. The molecule has 1 aromatic carbocycles. The van der Waals surface area contributed by atoms with Gasteiger partial charge in [0.15, 0.2) is 5.76 Å². The lowest BCUT2D eigenvalue weighted by atomic mass is 10.1. The van der Waals surface area contributed by atoms with Crippen molar-refractivity contribution in [1.82, 2.24) is 5.32 Å². The van der Waals surface area contributed by atoms with Gasteiger partial charge in [0.25, 0.3) is 5.91 Å². The van der Waals surface area contributed by atoms with Crippen LogP contribution in [0, 0.1) is 0 Å². The van der Waals surface area contributed by atoms with Crippen molar-refractivity contribution in [2.24, 2.45) is 0 Å². The molecule has 2 rings (SSSR count). The fourth-order valence-electron chi connectivity index (χ4n) is 2.35. The number of para-hydroxylation sites is 1. The summed E-state index contributed by atoms with van der Waals surface area (Å²) in [5.74, 6) is -0.637. The summed E-state index contributed by atoms with van der Waals surface area (Å²) >= 11 is 0. The molecule has 122 valence electrons. The molecule has 6 heteroatoms. The topological polar surface area (TPSA) is 88.8 Å². The molecule has 23 heavy (non-hydrogen) atoms. The first kappa shape index (κ1) is 16.6. The standard InChI is InChI=1S/C17H19NO5/c1-4-13-12(17(20)21)9-15(23-13)16(19)18-10(2)11-7-5-6-8-14(11)22-3/h5-10H,4H2,1-3H3,(H,18,19)(H,20,21). The molecule has 2 N–H and O–H groups in total. The third-order valence-electron chi connectivity index (χ3n) is 3.54. The number of carbonyl (C=O) groups is 2. The Kier molecular flexibility index (Phi) is 5.05. The number of benzene rings is 1. The molecule has 6 nitrogen and oxygen atoms in total. The normalized spacial score (nSPS) is 11.8. The van der Waals surface area contributed by atoms with Gasteiger partial charge in [0.2, 0.25) is 0 Å². The first-order valence-corrected chi connectivity index (χ1v) is 7.27. The molecule has 0 spiro atoms. The number of ether oxygens (including phenoxy) is 1. The minimum absolute atomic E-state index is 0.0130. The largest absolute Gasteiger partial charge is 0.496 e. The van der Waals surface area contributed by atoms with Gasteiger partial charge < -0.3 is 19.6 Å². The fourth-order valence-corrected chi connectivity index (χ4v) is 2.35. The fraction of sp³-hybridized carbons (Fsp3) is 0.294. The van der Waals surface area contributed by atoms with Crippen LogP contribution in [0.5, 0.6) is 5.75 Å². The van der Waals surface area contributed by atoms with Crippen molar-refractivity contribution in [2.75, 3.05) is 7.11 Å². The Morgan fingerprint density at radius 3 is 2.61 bits per heavy atom. The number of carboxylic acid groups (broad SMARTS) is 1. The average Bonchev–Trinajstić information content (AvgIpc) is 2.99. The van der Waals surface area contributed by atoms with Crippen LogP contribution in [0.3, 0.4) is 0 Å². The molecule has 1 atom stereocenters. The van der Waals surface area contributed by atoms with Crippen molar-refractivity contribution in [2.45, 2.75) is 26.3 Å². The van der Waals surface area contributed by atoms with E-state index < -0.39 is 11.9 Å². The van der Waals surface area contributed by atoms with Gasteiger partial charge in [0.1, 0.15) is 17.1 Å². The van der Waals surface area contributed by atoms with Gasteiger partial charge in [-0.1, -0.05) is 25.1 Å². The number of hydrogen-bond donors (Lipinski definition) is 2. The van der Waals surface area contributed by atoms with Crippen LogP contribution in [-0.4, -0.2) is 24.1 Å². The highest BCUT2D eigenvalue weighted by atomic mass is 16.5. The van der Waals surface area contributed by atoms with Crippen LogP contribution in [0.4, 0.5) is 0 Å². The van der Waals surface area contributed by atoms with Crippen molar-refractivity contribution < 1.29 is 23.8 Å². The van der Waals surface area contributed by atoms with Crippen LogP contribution in [-0.2, 0) is 6.42 Å². The van der Waals surface area contributed by atoms with Crippen LogP contribution >= 0.6 is 0 Å². The molecule has 0 radical (unpaired) electrons. The number of aryl methyl sites for hydroxylation is 1. The zero-order valence-electron chi connectivity index (χ0n) is 13.3. The Morgan fingerprint density at radius 1 is 1.35 bits per heavy atom. The quantitative estimate of drug-likeness (QED) is 0.855. The summed E-state index contributed by atoms with van der Waals surface area (Å²) in [6, 6.07) is 8.29. The van der Waals surface area contributed by atoms with E-state index in [0.717, 1.165) is 5.56 Å². The van der Waals surface area contributed by atoms with Crippen molar-refractivity contribution in [3.05, 3.63) is 53.0 Å². The highest BCUT2D eigenvalue weighted by Crippen LogP contribution is 2.25. The van der Waals surface area contributed by atoms with Gasteiger partial charge in [0, 0.05) is 18.1 Å². The lowest BCUT2D eigenvalue weighted by molar-refractivity contribution is 0.0694. The maximum atomic E-state index is 12.3. The Bertz CT molecular complexity index is 720. The minimum atomic E-state index is -1.11. The zero-order valence-corrected chi connectivity index (χ0v) is 13.3. The first-order chi connectivity index (χ1) is 11.0. The number of carboxylic acids is 1. The molecule has 1 amide bonds. The second kappa shape index (κ2) is 7.00. The molecule has 0 aliphatic carbocycles. The summed E-state index contributed by atoms with van der Waals surface area (Å²) in [5, 5.41) is 11.9. The summed E-state index contributed by atoms with van der Waals surface area (Å²) in [5.41, 5.74) is 0.840. The van der Waals surface area contributed by atoms with Crippen molar-refractivity contribution in [3.63, 3.8) is 0 Å². The van der Waals surface area contributed by atoms with Crippen LogP contribution in [0.1, 0.15) is 52.1 Å². The van der Waals surface area contributed by atoms with Crippen molar-refractivity contribution in [3.8, 4) is 5.75 Å². The summed E-state index contributed by atoms with van der Waals surface area (Å²) in [7, 11) is 1.56. The minimum Gasteiger partial charge on any atom is -0.496 e. The van der Waals surface area contributed by atoms with Crippen LogP contribution < -0.4 is 10.1 Å². The number of furan rings is 1. The summed E-state index contributed by atoms with van der Waals surface area (Å²) in [6.45, 7) is 3.59. The molecular weight excluding hydrogens is 298 g/mol. The Hall–Kier alpha value is -2.76. The second-order valence-electron chi connectivity index (χ2n) is 5.04. The molecule has 0 fully saturated rings. The van der Waals surface area contributed by atoms with Crippen LogP contribution in [0.25, 0.3) is 0 Å². The van der Waals surface area contributed by atoms with E-state index in [9.17, 15) is 9.59 Å². The van der Waals surface area contributed by atoms with Gasteiger partial charge in [-0.05, 0) is 13.0 Å². The SMILES string of the molecule is CCc1oc(C(=O)NC(C)c2ccccc2OC)cc1C(=O)O. The van der Waals surface area contributed by atoms with Gasteiger partial charge >= 0.3 is 5.97 Å². The molecule has 1 unspecified atom stereocenters. The number of carbonyl (C=O) groups excluding carboxylic acids is 1. The summed E-state index contributed by atoms with van der Waals surface area (Å²) < 4.78 is 10.6. The smallest absolute Gasteiger partial charge is 0.339 e. The van der Waals surface area contributed by atoms with Gasteiger partial charge in [0.05, 0.1) is 13.2 Å². The zero-order chi connectivity index (χ0) is 17.0. The van der Waals surface area contributed by atoms with E-state index in [4.69, 9.17) is 14.3 Å². The van der Waals surface area contributed by atoms with E-state index in [-0.39, 0.29) is 23.1 Å². The van der Waals surface area contributed by atoms with E-state index in [0.29, 0.717) is 12.2 Å². The highest BCUT2D eigenvalue weighted by molar-refractivity contribution is 5.96. The molecule has 0 aliphatic heterocycles. The van der Waals surface area contributed by atoms with Crippen LogP contribution in [0.15, 0.2) is 34.7 Å². The maximum Gasteiger partial charge on any atom is 0.339 e. The van der Waals surface area contributed by atoms with Gasteiger partial charge in [-0.15, -0.1) is 0 Å². The Balaban J connectivity index is 2.20. The third-order valence-corrected chi connectivity index (χ3v) is 3.54. The number of rotatable bonds is 6. The number of nitrogens with one attached hydrogen (secondary N) is 1. The van der Waals surface area contributed by atoms with E-state index in [2.05, 4.69) is 5.32 Å². The van der Waals surface area contributed by atoms with E-state index in [1.807, 2.05) is 31.2 Å². The summed E-state index contributed by atoms with van der Waals surface area (Å²) in [4.78, 5) is 23.4. The molecule has 1 aromatic heterocycles.